The van der Waals surface area contributed by atoms with E-state index in [0.29, 0.717) is 5.56 Å². The van der Waals surface area contributed by atoms with E-state index in [1.54, 1.807) is 6.07 Å². The van der Waals surface area contributed by atoms with Crippen LogP contribution in [0.1, 0.15) is 5.56 Å². The Bertz CT molecular complexity index is 223. The van der Waals surface area contributed by atoms with Crippen LogP contribution in [0.4, 0.5) is 0 Å². The molecule has 0 saturated heterocycles. The molecule has 0 fully saturated rings. The maximum atomic E-state index is 8.81. The summed E-state index contributed by atoms with van der Waals surface area (Å²) in [6.45, 7) is 3.55. The average Bonchev–Trinajstić information content (AvgIpc) is 1.80. The van der Waals surface area contributed by atoms with E-state index in [1.165, 1.54) is 12.1 Å². The third kappa shape index (κ3) is 1.86. The molecule has 0 bridgehead atoms. The Kier molecular flexibility index (Phi) is 3.11. The second kappa shape index (κ2) is 3.39. The molecule has 0 spiro atoms. The first kappa shape index (κ1) is 9.20. The van der Waals surface area contributed by atoms with Gasteiger partial charge in [0.25, 0.3) is 0 Å². The predicted molar refractivity (Wildman–Crippen MR) is 34.2 cm³/mol. The van der Waals surface area contributed by atoms with Gasteiger partial charge in [0.15, 0.2) is 0 Å². The Morgan fingerprint density at radius 1 is 1.10 bits per heavy atom. The van der Waals surface area contributed by atoms with E-state index in [4.69, 9.17) is 10.2 Å². The first-order chi connectivity index (χ1) is 4.20. The van der Waals surface area contributed by atoms with Crippen LogP contribution in [0.3, 0.4) is 0 Å². The maximum absolute atomic E-state index is 8.81. The van der Waals surface area contributed by atoms with Gasteiger partial charge in [-0.3, -0.25) is 0 Å². The van der Waals surface area contributed by atoms with Crippen LogP contribution in [0, 0.1) is 6.92 Å². The smallest absolute Gasteiger partial charge is 0.132 e. The minimum atomic E-state index is -0.123. The Labute approximate surface area is 69.7 Å². The molecule has 1 rings (SSSR count). The van der Waals surface area contributed by atoms with Gasteiger partial charge in [0, 0.05) is 16.8 Å². The molecule has 2 N–H and O–H groups in total. The van der Waals surface area contributed by atoms with Gasteiger partial charge in [0.2, 0.25) is 0 Å². The maximum Gasteiger partial charge on any atom is 0.132 e. The molecule has 10 heavy (non-hydrogen) atoms. The number of benzene rings is 1. The van der Waals surface area contributed by atoms with E-state index >= 15 is 0 Å². The monoisotopic (exact) mass is 182 g/mol. The molecule has 0 unspecified atom stereocenters. The molecule has 0 aliphatic carbocycles. The second-order valence-electron chi connectivity index (χ2n) is 1.82. The first-order valence-electron chi connectivity index (χ1n) is 2.54. The number of aromatic hydroxyl groups is 2. The molecule has 0 saturated carbocycles. The first-order valence-corrected chi connectivity index (χ1v) is 2.54. The fourth-order valence-electron chi connectivity index (χ4n) is 0.569. The van der Waals surface area contributed by atoms with Gasteiger partial charge in [0.05, 0.1) is 0 Å². The number of rotatable bonds is 0. The molecule has 0 aliphatic heterocycles. The molecule has 1 radical (unpaired) electrons. The summed E-state index contributed by atoms with van der Waals surface area (Å²) in [7, 11) is 0. The number of hydrogen-bond acceptors (Lipinski definition) is 2. The fraction of sp³-hybridized carbons (Fsp3) is 0. The van der Waals surface area contributed by atoms with Crippen molar-refractivity contribution < 1.29 is 27.0 Å². The Morgan fingerprint density at radius 2 is 1.70 bits per heavy atom. The standard InChI is InChI=1S/C7H7O2.Co/c1-5-2-3-6(8)7(9)4-5;/h2-4,8-9H,1H2;/q-1;. The number of hydrogen-bond donors (Lipinski definition) is 2. The molecule has 1 aromatic carbocycles. The van der Waals surface area contributed by atoms with E-state index in [9.17, 15) is 0 Å². The van der Waals surface area contributed by atoms with E-state index < -0.39 is 0 Å². The van der Waals surface area contributed by atoms with Crippen LogP contribution in [-0.4, -0.2) is 10.2 Å². The van der Waals surface area contributed by atoms with Gasteiger partial charge < -0.3 is 10.2 Å². The number of phenolic OH excluding ortho intramolecular Hbond substituents is 2. The van der Waals surface area contributed by atoms with Gasteiger partial charge in [0.1, 0.15) is 11.5 Å². The van der Waals surface area contributed by atoms with Gasteiger partial charge in [-0.1, -0.05) is 6.07 Å². The van der Waals surface area contributed by atoms with E-state index in [-0.39, 0.29) is 28.3 Å². The van der Waals surface area contributed by atoms with Crippen LogP contribution < -0.4 is 0 Å². The summed E-state index contributed by atoms with van der Waals surface area (Å²) < 4.78 is 0. The molecular weight excluding hydrogens is 175 g/mol. The summed E-state index contributed by atoms with van der Waals surface area (Å²) in [6.07, 6.45) is 0. The molecular formula is C7H7CoO2-. The minimum Gasteiger partial charge on any atom is -0.517 e. The van der Waals surface area contributed by atoms with Gasteiger partial charge in [-0.15, -0.1) is 6.07 Å². The topological polar surface area (TPSA) is 40.5 Å². The van der Waals surface area contributed by atoms with Crippen LogP contribution >= 0.6 is 0 Å². The zero-order valence-corrected chi connectivity index (χ0v) is 6.21. The fourth-order valence-corrected chi connectivity index (χ4v) is 0.569. The third-order valence-electron chi connectivity index (χ3n) is 1.04. The summed E-state index contributed by atoms with van der Waals surface area (Å²) in [6, 6.07) is 4.42. The summed E-state index contributed by atoms with van der Waals surface area (Å²) in [5.41, 5.74) is 0.685. The van der Waals surface area contributed by atoms with Crippen LogP contribution in [0.2, 0.25) is 0 Å². The zero-order valence-electron chi connectivity index (χ0n) is 5.17. The van der Waals surface area contributed by atoms with Crippen molar-refractivity contribution in [2.45, 2.75) is 0 Å². The molecule has 57 valence electrons. The Hall–Kier alpha value is -0.804. The molecule has 1 aromatic rings. The van der Waals surface area contributed by atoms with Crippen molar-refractivity contribution in [2.24, 2.45) is 0 Å². The molecule has 3 heteroatoms. The summed E-state index contributed by atoms with van der Waals surface area (Å²) >= 11 is 0. The van der Waals surface area contributed by atoms with Gasteiger partial charge in [-0.25, -0.2) is 0 Å². The van der Waals surface area contributed by atoms with Crippen LogP contribution in [0.15, 0.2) is 18.2 Å². The van der Waals surface area contributed by atoms with Crippen molar-refractivity contribution in [2.75, 3.05) is 0 Å². The van der Waals surface area contributed by atoms with E-state index in [0.717, 1.165) is 0 Å². The SMILES string of the molecule is [CH2-]c1ccc(O)c(O)c1.[Co]. The van der Waals surface area contributed by atoms with Crippen molar-refractivity contribution in [3.63, 3.8) is 0 Å². The van der Waals surface area contributed by atoms with Crippen LogP contribution in [0.5, 0.6) is 11.5 Å². The quantitative estimate of drug-likeness (QED) is 0.468. The van der Waals surface area contributed by atoms with E-state index in [2.05, 4.69) is 6.92 Å². The molecule has 2 nitrogen and oxygen atoms in total. The van der Waals surface area contributed by atoms with Gasteiger partial charge in [-0.05, 0) is 0 Å². The van der Waals surface area contributed by atoms with Crippen molar-refractivity contribution in [1.29, 1.82) is 0 Å². The second-order valence-corrected chi connectivity index (χ2v) is 1.82. The summed E-state index contributed by atoms with van der Waals surface area (Å²) in [5, 5.41) is 17.6. The molecule has 0 amide bonds. The van der Waals surface area contributed by atoms with E-state index in [1.807, 2.05) is 0 Å². The predicted octanol–water partition coefficient (Wildman–Crippen LogP) is 1.28. The zero-order chi connectivity index (χ0) is 6.85. The van der Waals surface area contributed by atoms with Gasteiger partial charge >= 0.3 is 0 Å². The average molecular weight is 182 g/mol. The molecule has 0 aromatic heterocycles. The van der Waals surface area contributed by atoms with Gasteiger partial charge in [-0.2, -0.15) is 18.6 Å². The largest absolute Gasteiger partial charge is 0.517 e. The third-order valence-corrected chi connectivity index (χ3v) is 1.04. The van der Waals surface area contributed by atoms with Crippen molar-refractivity contribution in [3.8, 4) is 11.5 Å². The Balaban J connectivity index is 0.000000810. The minimum absolute atomic E-state index is 0. The number of phenols is 2. The molecule has 0 heterocycles. The summed E-state index contributed by atoms with van der Waals surface area (Å²) in [5.74, 6) is -0.232. The molecule has 0 atom stereocenters. The molecule has 0 aliphatic rings. The van der Waals surface area contributed by atoms with Crippen molar-refractivity contribution in [3.05, 3.63) is 30.7 Å². The summed E-state index contributed by atoms with van der Waals surface area (Å²) in [4.78, 5) is 0. The van der Waals surface area contributed by atoms with Crippen LogP contribution in [-0.2, 0) is 16.8 Å². The Morgan fingerprint density at radius 3 is 2.10 bits per heavy atom. The van der Waals surface area contributed by atoms with Crippen LogP contribution in [0.25, 0.3) is 0 Å². The van der Waals surface area contributed by atoms with Crippen molar-refractivity contribution >= 4 is 0 Å². The van der Waals surface area contributed by atoms with Crippen molar-refractivity contribution in [1.82, 2.24) is 0 Å². The normalized spacial score (nSPS) is 8.40.